The molecule has 0 aliphatic rings. The summed E-state index contributed by atoms with van der Waals surface area (Å²) in [4.78, 5) is 0. The molecule has 2 rings (SSSR count). The van der Waals surface area contributed by atoms with Crippen LogP contribution in [0.25, 0.3) is 0 Å². The molecule has 0 unspecified atom stereocenters. The molecule has 17 heavy (non-hydrogen) atoms. The quantitative estimate of drug-likeness (QED) is 0.881. The molecular formula is C15H15BrO. The first kappa shape index (κ1) is 12.3. The largest absolute Gasteiger partial charge is 0.384 e. The SMILES string of the molecule is Cc1ccc([C@@H](O)c2ccc(Br)cc2)cc1C. The number of hydrogen-bond acceptors (Lipinski definition) is 1. The molecule has 1 atom stereocenters. The van der Waals surface area contributed by atoms with Gasteiger partial charge in [-0.1, -0.05) is 46.3 Å². The van der Waals surface area contributed by atoms with Gasteiger partial charge in [-0.25, -0.2) is 0 Å². The molecule has 2 heteroatoms. The Labute approximate surface area is 110 Å². The van der Waals surface area contributed by atoms with Crippen molar-refractivity contribution in [3.8, 4) is 0 Å². The summed E-state index contributed by atoms with van der Waals surface area (Å²) < 4.78 is 1.02. The molecule has 88 valence electrons. The molecule has 0 aliphatic heterocycles. The molecule has 0 heterocycles. The van der Waals surface area contributed by atoms with Crippen LogP contribution in [0, 0.1) is 13.8 Å². The minimum atomic E-state index is -0.553. The Morgan fingerprint density at radius 2 is 1.47 bits per heavy atom. The first-order chi connectivity index (χ1) is 8.08. The van der Waals surface area contributed by atoms with E-state index in [1.807, 2.05) is 42.5 Å². The van der Waals surface area contributed by atoms with Crippen molar-refractivity contribution in [1.29, 1.82) is 0 Å². The maximum Gasteiger partial charge on any atom is 0.104 e. The van der Waals surface area contributed by atoms with E-state index >= 15 is 0 Å². The van der Waals surface area contributed by atoms with Crippen LogP contribution in [0.2, 0.25) is 0 Å². The lowest BCUT2D eigenvalue weighted by Gasteiger charge is -2.13. The average molecular weight is 291 g/mol. The predicted molar refractivity (Wildman–Crippen MR) is 74.1 cm³/mol. The van der Waals surface area contributed by atoms with Crippen molar-refractivity contribution in [3.63, 3.8) is 0 Å². The number of aliphatic hydroxyl groups is 1. The number of halogens is 1. The van der Waals surface area contributed by atoms with Gasteiger partial charge in [-0.15, -0.1) is 0 Å². The van der Waals surface area contributed by atoms with Crippen LogP contribution in [0.5, 0.6) is 0 Å². The smallest absolute Gasteiger partial charge is 0.104 e. The molecule has 0 saturated carbocycles. The van der Waals surface area contributed by atoms with Gasteiger partial charge in [0, 0.05) is 4.47 Å². The Bertz CT molecular complexity index is 517. The van der Waals surface area contributed by atoms with E-state index in [0.717, 1.165) is 15.6 Å². The van der Waals surface area contributed by atoms with Crippen LogP contribution < -0.4 is 0 Å². The fraction of sp³-hybridized carbons (Fsp3) is 0.200. The third-order valence-corrected chi connectivity index (χ3v) is 3.56. The third-order valence-electron chi connectivity index (χ3n) is 3.03. The summed E-state index contributed by atoms with van der Waals surface area (Å²) in [6, 6.07) is 13.8. The summed E-state index contributed by atoms with van der Waals surface area (Å²) in [6.07, 6.45) is -0.553. The standard InChI is InChI=1S/C15H15BrO/c1-10-3-4-13(9-11(10)2)15(17)12-5-7-14(16)8-6-12/h3-9,15,17H,1-2H3/t15-/m0/s1. The highest BCUT2D eigenvalue weighted by atomic mass is 79.9. The van der Waals surface area contributed by atoms with Gasteiger partial charge in [-0.2, -0.15) is 0 Å². The highest BCUT2D eigenvalue weighted by molar-refractivity contribution is 9.10. The molecule has 0 saturated heterocycles. The molecule has 0 aliphatic carbocycles. The molecule has 0 radical (unpaired) electrons. The maximum absolute atomic E-state index is 10.3. The second-order valence-electron chi connectivity index (χ2n) is 4.30. The highest BCUT2D eigenvalue weighted by Crippen LogP contribution is 2.24. The minimum Gasteiger partial charge on any atom is -0.384 e. The van der Waals surface area contributed by atoms with E-state index in [1.54, 1.807) is 0 Å². The van der Waals surface area contributed by atoms with Crippen molar-refractivity contribution >= 4 is 15.9 Å². The summed E-state index contributed by atoms with van der Waals surface area (Å²) in [7, 11) is 0. The van der Waals surface area contributed by atoms with Crippen LogP contribution in [0.4, 0.5) is 0 Å². The Kier molecular flexibility index (Phi) is 3.65. The summed E-state index contributed by atoms with van der Waals surface area (Å²) in [5.41, 5.74) is 4.31. The molecule has 0 bridgehead atoms. The monoisotopic (exact) mass is 290 g/mol. The Morgan fingerprint density at radius 3 is 2.06 bits per heavy atom. The van der Waals surface area contributed by atoms with E-state index in [0.29, 0.717) is 0 Å². The second kappa shape index (κ2) is 5.03. The van der Waals surface area contributed by atoms with E-state index in [4.69, 9.17) is 0 Å². The zero-order valence-electron chi connectivity index (χ0n) is 9.94. The van der Waals surface area contributed by atoms with Crippen molar-refractivity contribution in [2.24, 2.45) is 0 Å². The lowest BCUT2D eigenvalue weighted by atomic mass is 9.98. The van der Waals surface area contributed by atoms with Crippen LogP contribution in [0.3, 0.4) is 0 Å². The summed E-state index contributed by atoms with van der Waals surface area (Å²) in [5.74, 6) is 0. The highest BCUT2D eigenvalue weighted by Gasteiger charge is 2.10. The molecular weight excluding hydrogens is 276 g/mol. The Balaban J connectivity index is 2.33. The van der Waals surface area contributed by atoms with Crippen LogP contribution in [-0.2, 0) is 0 Å². The van der Waals surface area contributed by atoms with Crippen LogP contribution in [0.1, 0.15) is 28.4 Å². The fourth-order valence-electron chi connectivity index (χ4n) is 1.77. The van der Waals surface area contributed by atoms with Crippen molar-refractivity contribution in [2.45, 2.75) is 20.0 Å². The second-order valence-corrected chi connectivity index (χ2v) is 5.21. The molecule has 1 nitrogen and oxygen atoms in total. The average Bonchev–Trinajstić information content (AvgIpc) is 2.33. The van der Waals surface area contributed by atoms with Gasteiger partial charge in [0.25, 0.3) is 0 Å². The van der Waals surface area contributed by atoms with Crippen molar-refractivity contribution in [1.82, 2.24) is 0 Å². The molecule has 0 fully saturated rings. The number of aliphatic hydroxyl groups excluding tert-OH is 1. The van der Waals surface area contributed by atoms with Gasteiger partial charge in [0.05, 0.1) is 0 Å². The first-order valence-electron chi connectivity index (χ1n) is 5.58. The zero-order valence-corrected chi connectivity index (χ0v) is 11.5. The topological polar surface area (TPSA) is 20.2 Å². The van der Waals surface area contributed by atoms with Gasteiger partial charge >= 0.3 is 0 Å². The predicted octanol–water partition coefficient (Wildman–Crippen LogP) is 4.15. The van der Waals surface area contributed by atoms with E-state index in [-0.39, 0.29) is 0 Å². The van der Waals surface area contributed by atoms with Gasteiger partial charge < -0.3 is 5.11 Å². The molecule has 2 aromatic carbocycles. The number of hydrogen-bond donors (Lipinski definition) is 1. The van der Waals surface area contributed by atoms with Gasteiger partial charge in [-0.3, -0.25) is 0 Å². The van der Waals surface area contributed by atoms with E-state index in [9.17, 15) is 5.11 Å². The van der Waals surface area contributed by atoms with Crippen LogP contribution in [0.15, 0.2) is 46.9 Å². The summed E-state index contributed by atoms with van der Waals surface area (Å²) in [6.45, 7) is 4.14. The molecule has 2 aromatic rings. The molecule has 0 amide bonds. The molecule has 1 N–H and O–H groups in total. The van der Waals surface area contributed by atoms with Gasteiger partial charge in [0.2, 0.25) is 0 Å². The minimum absolute atomic E-state index is 0.553. The van der Waals surface area contributed by atoms with Crippen molar-refractivity contribution < 1.29 is 5.11 Å². The normalized spacial score (nSPS) is 12.5. The van der Waals surface area contributed by atoms with Gasteiger partial charge in [0.1, 0.15) is 6.10 Å². The zero-order chi connectivity index (χ0) is 12.4. The van der Waals surface area contributed by atoms with Gasteiger partial charge in [-0.05, 0) is 48.2 Å². The van der Waals surface area contributed by atoms with Crippen molar-refractivity contribution in [3.05, 3.63) is 69.2 Å². The number of benzene rings is 2. The van der Waals surface area contributed by atoms with E-state index in [1.165, 1.54) is 11.1 Å². The van der Waals surface area contributed by atoms with Crippen LogP contribution in [-0.4, -0.2) is 5.11 Å². The third kappa shape index (κ3) is 2.76. The Hall–Kier alpha value is -1.12. The van der Waals surface area contributed by atoms with E-state index < -0.39 is 6.10 Å². The number of aryl methyl sites for hydroxylation is 2. The summed E-state index contributed by atoms with van der Waals surface area (Å²) in [5, 5.41) is 10.3. The van der Waals surface area contributed by atoms with Crippen LogP contribution >= 0.6 is 15.9 Å². The number of rotatable bonds is 2. The van der Waals surface area contributed by atoms with Gasteiger partial charge in [0.15, 0.2) is 0 Å². The lowest BCUT2D eigenvalue weighted by Crippen LogP contribution is -2.00. The van der Waals surface area contributed by atoms with E-state index in [2.05, 4.69) is 29.8 Å². The maximum atomic E-state index is 10.3. The molecule has 0 aromatic heterocycles. The first-order valence-corrected chi connectivity index (χ1v) is 6.38. The molecule has 0 spiro atoms. The lowest BCUT2D eigenvalue weighted by molar-refractivity contribution is 0.220. The Morgan fingerprint density at radius 1 is 0.882 bits per heavy atom. The van der Waals surface area contributed by atoms with Crippen molar-refractivity contribution in [2.75, 3.05) is 0 Å². The fourth-order valence-corrected chi connectivity index (χ4v) is 2.04. The summed E-state index contributed by atoms with van der Waals surface area (Å²) >= 11 is 3.39.